The predicted octanol–water partition coefficient (Wildman–Crippen LogP) is 3.75. The maximum Gasteiger partial charge on any atom is 0.233 e. The van der Waals surface area contributed by atoms with E-state index in [4.69, 9.17) is 0 Å². The summed E-state index contributed by atoms with van der Waals surface area (Å²) in [4.78, 5) is 12.5. The molecular formula is C14H19F2NOS. The average Bonchev–Trinajstić information content (AvgIpc) is 2.33. The van der Waals surface area contributed by atoms with Crippen molar-refractivity contribution in [2.24, 2.45) is 0 Å². The number of amides is 1. The molecule has 1 N–H and O–H groups in total. The largest absolute Gasteiger partial charge is 0.350 e. The van der Waals surface area contributed by atoms with Crippen LogP contribution in [0.3, 0.4) is 0 Å². The van der Waals surface area contributed by atoms with Gasteiger partial charge in [0.1, 0.15) is 0 Å². The van der Waals surface area contributed by atoms with Gasteiger partial charge >= 0.3 is 0 Å². The number of thioether (sulfide) groups is 1. The maximum atomic E-state index is 13.1. The van der Waals surface area contributed by atoms with Crippen LogP contribution >= 0.6 is 11.8 Å². The molecule has 5 heteroatoms. The third-order valence-corrected chi connectivity index (χ3v) is 4.01. The molecule has 0 heterocycles. The molecule has 1 aromatic rings. The van der Waals surface area contributed by atoms with E-state index in [9.17, 15) is 13.6 Å². The van der Waals surface area contributed by atoms with Gasteiger partial charge in [0.2, 0.25) is 5.91 Å². The van der Waals surface area contributed by atoms with Crippen LogP contribution in [0, 0.1) is 11.6 Å². The molecule has 0 fully saturated rings. The van der Waals surface area contributed by atoms with Crippen LogP contribution in [0.1, 0.15) is 34.1 Å². The molecule has 1 unspecified atom stereocenters. The Morgan fingerprint density at radius 1 is 1.37 bits per heavy atom. The third kappa shape index (κ3) is 4.82. The van der Waals surface area contributed by atoms with Crippen LogP contribution in [-0.4, -0.2) is 16.7 Å². The van der Waals surface area contributed by atoms with E-state index in [0.29, 0.717) is 4.90 Å². The van der Waals surface area contributed by atoms with E-state index < -0.39 is 11.6 Å². The van der Waals surface area contributed by atoms with Gasteiger partial charge in [-0.15, -0.1) is 11.8 Å². The molecule has 0 spiro atoms. The molecule has 0 aliphatic carbocycles. The van der Waals surface area contributed by atoms with E-state index >= 15 is 0 Å². The normalized spacial score (nSPS) is 13.2. The van der Waals surface area contributed by atoms with Gasteiger partial charge in [-0.3, -0.25) is 4.79 Å². The molecule has 1 amide bonds. The quantitative estimate of drug-likeness (QED) is 0.836. The minimum atomic E-state index is -0.897. The number of halogens is 2. The Balaban J connectivity index is 2.66. The fraction of sp³-hybridized carbons (Fsp3) is 0.500. The van der Waals surface area contributed by atoms with Crippen LogP contribution in [0.5, 0.6) is 0 Å². The molecule has 0 aliphatic rings. The Bertz CT molecular complexity index is 463. The fourth-order valence-corrected chi connectivity index (χ4v) is 2.22. The molecule has 0 bridgehead atoms. The fourth-order valence-electron chi connectivity index (χ4n) is 1.33. The summed E-state index contributed by atoms with van der Waals surface area (Å²) in [6.45, 7) is 7.63. The van der Waals surface area contributed by atoms with E-state index in [1.165, 1.54) is 17.8 Å². The van der Waals surface area contributed by atoms with Gasteiger partial charge < -0.3 is 5.32 Å². The molecule has 19 heavy (non-hydrogen) atoms. The molecule has 1 rings (SSSR count). The van der Waals surface area contributed by atoms with Crippen molar-refractivity contribution in [3.05, 3.63) is 29.8 Å². The summed E-state index contributed by atoms with van der Waals surface area (Å²) in [6.07, 6.45) is 0.821. The first-order valence-corrected chi connectivity index (χ1v) is 7.07. The van der Waals surface area contributed by atoms with Crippen LogP contribution in [0.25, 0.3) is 0 Å². The van der Waals surface area contributed by atoms with Gasteiger partial charge in [0.25, 0.3) is 0 Å². The lowest BCUT2D eigenvalue weighted by Gasteiger charge is -2.26. The number of carbonyl (C=O) groups is 1. The molecular weight excluding hydrogens is 268 g/mol. The van der Waals surface area contributed by atoms with E-state index in [1.807, 2.05) is 20.8 Å². The SMILES string of the molecule is CCC(C)(C)NC(=O)C(C)Sc1ccc(F)c(F)c1. The number of rotatable bonds is 5. The second kappa shape index (κ2) is 6.37. The molecule has 0 saturated heterocycles. The van der Waals surface area contributed by atoms with Crippen LogP contribution < -0.4 is 5.32 Å². The lowest BCUT2D eigenvalue weighted by atomic mass is 10.0. The number of hydrogen-bond acceptors (Lipinski definition) is 2. The highest BCUT2D eigenvalue weighted by atomic mass is 32.2. The molecule has 2 nitrogen and oxygen atoms in total. The van der Waals surface area contributed by atoms with Crippen LogP contribution in [0.2, 0.25) is 0 Å². The van der Waals surface area contributed by atoms with Crippen molar-refractivity contribution >= 4 is 17.7 Å². The molecule has 0 saturated carbocycles. The lowest BCUT2D eigenvalue weighted by Crippen LogP contribution is -2.46. The summed E-state index contributed by atoms with van der Waals surface area (Å²) < 4.78 is 25.9. The highest BCUT2D eigenvalue weighted by Gasteiger charge is 2.22. The van der Waals surface area contributed by atoms with E-state index in [0.717, 1.165) is 18.6 Å². The summed E-state index contributed by atoms with van der Waals surface area (Å²) >= 11 is 1.21. The monoisotopic (exact) mass is 287 g/mol. The maximum absolute atomic E-state index is 13.1. The standard InChI is InChI=1S/C14H19F2NOS/c1-5-14(3,4)17-13(18)9(2)19-10-6-7-11(15)12(16)8-10/h6-9H,5H2,1-4H3,(H,17,18). The van der Waals surface area contributed by atoms with Crippen molar-refractivity contribution in [2.45, 2.75) is 49.8 Å². The molecule has 106 valence electrons. The van der Waals surface area contributed by atoms with Crippen molar-refractivity contribution in [3.63, 3.8) is 0 Å². The number of carbonyl (C=O) groups excluding carboxylic acids is 1. The Labute approximate surface area is 117 Å². The molecule has 1 atom stereocenters. The molecule has 0 aromatic heterocycles. The molecule has 1 aromatic carbocycles. The van der Waals surface area contributed by atoms with Crippen molar-refractivity contribution in [1.29, 1.82) is 0 Å². The summed E-state index contributed by atoms with van der Waals surface area (Å²) in [5.41, 5.74) is -0.264. The molecule has 0 aliphatic heterocycles. The smallest absolute Gasteiger partial charge is 0.233 e. The van der Waals surface area contributed by atoms with Gasteiger partial charge in [0, 0.05) is 10.4 Å². The van der Waals surface area contributed by atoms with Crippen LogP contribution in [-0.2, 0) is 4.79 Å². The van der Waals surface area contributed by atoms with Gasteiger partial charge in [0.05, 0.1) is 5.25 Å². The Hall–Kier alpha value is -1.10. The predicted molar refractivity (Wildman–Crippen MR) is 74.2 cm³/mol. The van der Waals surface area contributed by atoms with E-state index in [2.05, 4.69) is 5.32 Å². The van der Waals surface area contributed by atoms with Crippen LogP contribution in [0.15, 0.2) is 23.1 Å². The Morgan fingerprint density at radius 3 is 2.53 bits per heavy atom. The van der Waals surface area contributed by atoms with Gasteiger partial charge in [-0.05, 0) is 45.4 Å². The highest BCUT2D eigenvalue weighted by Crippen LogP contribution is 2.25. The minimum Gasteiger partial charge on any atom is -0.350 e. The topological polar surface area (TPSA) is 29.1 Å². The summed E-state index contributed by atoms with van der Waals surface area (Å²) in [5.74, 6) is -1.89. The summed E-state index contributed by atoms with van der Waals surface area (Å²) in [7, 11) is 0. The van der Waals surface area contributed by atoms with E-state index in [1.54, 1.807) is 6.92 Å². The van der Waals surface area contributed by atoms with Gasteiger partial charge in [-0.2, -0.15) is 0 Å². The van der Waals surface area contributed by atoms with Crippen molar-refractivity contribution in [1.82, 2.24) is 5.32 Å². The van der Waals surface area contributed by atoms with Gasteiger partial charge in [-0.1, -0.05) is 6.92 Å². The Kier molecular flexibility index (Phi) is 5.35. The first-order chi connectivity index (χ1) is 8.75. The molecule has 0 radical (unpaired) electrons. The van der Waals surface area contributed by atoms with Crippen molar-refractivity contribution in [2.75, 3.05) is 0 Å². The second-order valence-electron chi connectivity index (χ2n) is 5.06. The minimum absolute atomic E-state index is 0.110. The first kappa shape index (κ1) is 16.0. The number of benzene rings is 1. The second-order valence-corrected chi connectivity index (χ2v) is 6.48. The van der Waals surface area contributed by atoms with Gasteiger partial charge in [-0.25, -0.2) is 8.78 Å². The summed E-state index contributed by atoms with van der Waals surface area (Å²) in [6, 6.07) is 3.64. The number of nitrogens with one attached hydrogen (secondary N) is 1. The zero-order valence-corrected chi connectivity index (χ0v) is 12.4. The summed E-state index contributed by atoms with van der Waals surface area (Å²) in [5, 5.41) is 2.56. The first-order valence-electron chi connectivity index (χ1n) is 6.19. The number of hydrogen-bond donors (Lipinski definition) is 1. The average molecular weight is 287 g/mol. The van der Waals surface area contributed by atoms with E-state index in [-0.39, 0.29) is 16.7 Å². The Morgan fingerprint density at radius 2 is 2.00 bits per heavy atom. The van der Waals surface area contributed by atoms with Crippen LogP contribution in [0.4, 0.5) is 8.78 Å². The van der Waals surface area contributed by atoms with Crippen molar-refractivity contribution < 1.29 is 13.6 Å². The van der Waals surface area contributed by atoms with Crippen molar-refractivity contribution in [3.8, 4) is 0 Å². The lowest BCUT2D eigenvalue weighted by molar-refractivity contribution is -0.121. The van der Waals surface area contributed by atoms with Gasteiger partial charge in [0.15, 0.2) is 11.6 Å². The zero-order chi connectivity index (χ0) is 14.6. The zero-order valence-electron chi connectivity index (χ0n) is 11.6. The third-order valence-electron chi connectivity index (χ3n) is 2.92. The highest BCUT2D eigenvalue weighted by molar-refractivity contribution is 8.00.